The predicted molar refractivity (Wildman–Crippen MR) is 95.1 cm³/mol. The van der Waals surface area contributed by atoms with Gasteiger partial charge in [-0.25, -0.2) is 9.18 Å². The van der Waals surface area contributed by atoms with Gasteiger partial charge in [0.1, 0.15) is 11.6 Å². The molecule has 5 nitrogen and oxygen atoms in total. The molecule has 0 aliphatic heterocycles. The fourth-order valence-electron chi connectivity index (χ4n) is 2.10. The van der Waals surface area contributed by atoms with E-state index in [1.165, 1.54) is 18.2 Å². The molecule has 0 unspecified atom stereocenters. The Bertz CT molecular complexity index is 774. The second-order valence-corrected chi connectivity index (χ2v) is 6.19. The van der Waals surface area contributed by atoms with Crippen LogP contribution in [0.3, 0.4) is 0 Å². The minimum absolute atomic E-state index is 0.304. The third kappa shape index (κ3) is 5.56. The zero-order valence-electron chi connectivity index (χ0n) is 13.8. The summed E-state index contributed by atoms with van der Waals surface area (Å²) in [7, 11) is 0. The molecule has 0 saturated heterocycles. The van der Waals surface area contributed by atoms with Gasteiger partial charge < -0.3 is 14.8 Å². The molecular weight excluding hydrogens is 393 g/mol. The molecule has 1 N–H and O–H groups in total. The van der Waals surface area contributed by atoms with Gasteiger partial charge in [-0.3, -0.25) is 4.79 Å². The van der Waals surface area contributed by atoms with Gasteiger partial charge in [0.2, 0.25) is 0 Å². The molecule has 0 atom stereocenters. The number of hydrogen-bond acceptors (Lipinski definition) is 4. The van der Waals surface area contributed by atoms with E-state index in [-0.39, 0.29) is 6.61 Å². The van der Waals surface area contributed by atoms with Gasteiger partial charge in [-0.15, -0.1) is 0 Å². The number of halogens is 2. The number of carbonyl (C=O) groups excluding carboxylic acids is 2. The summed E-state index contributed by atoms with van der Waals surface area (Å²) in [4.78, 5) is 23.6. The van der Waals surface area contributed by atoms with Gasteiger partial charge in [-0.2, -0.15) is 0 Å². The topological polar surface area (TPSA) is 64.6 Å². The van der Waals surface area contributed by atoms with Crippen molar-refractivity contribution in [2.75, 3.05) is 18.5 Å². The number of anilines is 1. The number of aryl methyl sites for hydroxylation is 2. The predicted octanol–water partition coefficient (Wildman–Crippen LogP) is 3.77. The van der Waals surface area contributed by atoms with Crippen LogP contribution in [0.15, 0.2) is 40.9 Å². The van der Waals surface area contributed by atoms with E-state index in [1.807, 2.05) is 32.0 Å². The van der Waals surface area contributed by atoms with Crippen LogP contribution >= 0.6 is 15.9 Å². The lowest BCUT2D eigenvalue weighted by molar-refractivity contribution is -0.149. The van der Waals surface area contributed by atoms with Crippen LogP contribution in [0.2, 0.25) is 0 Å². The van der Waals surface area contributed by atoms with Crippen molar-refractivity contribution in [2.24, 2.45) is 0 Å². The quantitative estimate of drug-likeness (QED) is 0.737. The minimum atomic E-state index is -0.701. The largest absolute Gasteiger partial charge is 0.481 e. The van der Waals surface area contributed by atoms with Gasteiger partial charge in [0.05, 0.1) is 4.47 Å². The van der Waals surface area contributed by atoms with Crippen molar-refractivity contribution in [1.82, 2.24) is 0 Å². The molecule has 2 aromatic rings. The summed E-state index contributed by atoms with van der Waals surface area (Å²) in [5, 5.41) is 2.72. The maximum absolute atomic E-state index is 13.0. The summed E-state index contributed by atoms with van der Waals surface area (Å²) >= 11 is 3.13. The van der Waals surface area contributed by atoms with Crippen molar-refractivity contribution in [2.45, 2.75) is 13.8 Å². The first-order chi connectivity index (χ1) is 11.9. The Hall–Kier alpha value is -2.41. The smallest absolute Gasteiger partial charge is 0.344 e. The molecule has 0 saturated carbocycles. The van der Waals surface area contributed by atoms with Crippen molar-refractivity contribution in [3.05, 3.63) is 57.8 Å². The third-order valence-electron chi connectivity index (χ3n) is 3.35. The summed E-state index contributed by atoms with van der Waals surface area (Å²) in [6, 6.07) is 9.47. The van der Waals surface area contributed by atoms with Gasteiger partial charge >= 0.3 is 5.97 Å². The fourth-order valence-corrected chi connectivity index (χ4v) is 2.57. The number of esters is 1. The standard InChI is InChI=1S/C18H17BrFNO4/c1-11-4-3-5-12(2)18(11)21-16(22)9-25-17(23)10-24-15-7-6-13(20)8-14(15)19/h3-8H,9-10H2,1-2H3,(H,21,22). The van der Waals surface area contributed by atoms with E-state index in [4.69, 9.17) is 9.47 Å². The first-order valence-electron chi connectivity index (χ1n) is 7.46. The lowest BCUT2D eigenvalue weighted by atomic mass is 10.1. The van der Waals surface area contributed by atoms with Crippen LogP contribution in [-0.2, 0) is 14.3 Å². The number of ether oxygens (including phenoxy) is 2. The number of amides is 1. The normalized spacial score (nSPS) is 10.2. The Morgan fingerprint density at radius 1 is 1.12 bits per heavy atom. The summed E-state index contributed by atoms with van der Waals surface area (Å²) in [6.45, 7) is 2.95. The number of carbonyl (C=O) groups is 2. The van der Waals surface area contributed by atoms with Gasteiger partial charge in [-0.05, 0) is 59.1 Å². The Kier molecular flexibility index (Phi) is 6.52. The molecule has 0 aromatic heterocycles. The molecule has 0 fully saturated rings. The summed E-state index contributed by atoms with van der Waals surface area (Å²) in [5.41, 5.74) is 2.54. The summed E-state index contributed by atoms with van der Waals surface area (Å²) < 4.78 is 23.5. The Morgan fingerprint density at radius 3 is 2.44 bits per heavy atom. The van der Waals surface area contributed by atoms with Crippen LogP contribution in [-0.4, -0.2) is 25.1 Å². The fraction of sp³-hybridized carbons (Fsp3) is 0.222. The van der Waals surface area contributed by atoms with Gasteiger partial charge in [-0.1, -0.05) is 18.2 Å². The lowest BCUT2D eigenvalue weighted by Gasteiger charge is -2.12. The molecule has 0 aliphatic carbocycles. The molecule has 1 amide bonds. The van der Waals surface area contributed by atoms with Gasteiger partial charge in [0, 0.05) is 5.69 Å². The average molecular weight is 410 g/mol. The Labute approximate surface area is 153 Å². The minimum Gasteiger partial charge on any atom is -0.481 e. The van der Waals surface area contributed by atoms with Crippen molar-refractivity contribution in [1.29, 1.82) is 0 Å². The highest BCUT2D eigenvalue weighted by atomic mass is 79.9. The number of benzene rings is 2. The van der Waals surface area contributed by atoms with Gasteiger partial charge in [0.15, 0.2) is 13.2 Å². The number of nitrogens with one attached hydrogen (secondary N) is 1. The molecule has 25 heavy (non-hydrogen) atoms. The lowest BCUT2D eigenvalue weighted by Crippen LogP contribution is -2.24. The highest BCUT2D eigenvalue weighted by Gasteiger charge is 2.12. The average Bonchev–Trinajstić information content (AvgIpc) is 2.55. The van der Waals surface area contributed by atoms with E-state index in [0.29, 0.717) is 15.9 Å². The molecule has 0 spiro atoms. The zero-order valence-corrected chi connectivity index (χ0v) is 15.4. The molecular formula is C18H17BrFNO4. The van der Waals surface area contributed by atoms with E-state index in [1.54, 1.807) is 0 Å². The second-order valence-electron chi connectivity index (χ2n) is 5.34. The molecule has 0 aliphatic rings. The van der Waals surface area contributed by atoms with E-state index < -0.39 is 24.3 Å². The van der Waals surface area contributed by atoms with Gasteiger partial charge in [0.25, 0.3) is 5.91 Å². The summed E-state index contributed by atoms with van der Waals surface area (Å²) in [6.07, 6.45) is 0. The number of para-hydroxylation sites is 1. The van der Waals surface area contributed by atoms with Crippen molar-refractivity contribution < 1.29 is 23.5 Å². The van der Waals surface area contributed by atoms with E-state index in [2.05, 4.69) is 21.2 Å². The van der Waals surface area contributed by atoms with E-state index in [9.17, 15) is 14.0 Å². The maximum Gasteiger partial charge on any atom is 0.344 e. The zero-order chi connectivity index (χ0) is 18.4. The molecule has 132 valence electrons. The van der Waals surface area contributed by atoms with Crippen LogP contribution in [0.4, 0.5) is 10.1 Å². The van der Waals surface area contributed by atoms with Crippen molar-refractivity contribution in [3.8, 4) is 5.75 Å². The van der Waals surface area contributed by atoms with Crippen LogP contribution in [0, 0.1) is 19.7 Å². The third-order valence-corrected chi connectivity index (χ3v) is 3.97. The molecule has 2 rings (SSSR count). The number of hydrogen-bond donors (Lipinski definition) is 1. The van der Waals surface area contributed by atoms with Crippen LogP contribution in [0.25, 0.3) is 0 Å². The number of rotatable bonds is 6. The highest BCUT2D eigenvalue weighted by molar-refractivity contribution is 9.10. The first kappa shape index (κ1) is 18.9. The molecule has 7 heteroatoms. The summed E-state index contributed by atoms with van der Waals surface area (Å²) in [5.74, 6) is -1.26. The van der Waals surface area contributed by atoms with Crippen molar-refractivity contribution >= 4 is 33.5 Å². The van der Waals surface area contributed by atoms with Crippen LogP contribution < -0.4 is 10.1 Å². The van der Waals surface area contributed by atoms with Crippen molar-refractivity contribution in [3.63, 3.8) is 0 Å². The SMILES string of the molecule is Cc1cccc(C)c1NC(=O)COC(=O)COc1ccc(F)cc1Br. The Morgan fingerprint density at radius 2 is 1.80 bits per heavy atom. The monoisotopic (exact) mass is 409 g/mol. The molecule has 0 heterocycles. The van der Waals surface area contributed by atoms with Crippen LogP contribution in [0.1, 0.15) is 11.1 Å². The molecule has 0 bridgehead atoms. The van der Waals surface area contributed by atoms with E-state index >= 15 is 0 Å². The first-order valence-corrected chi connectivity index (χ1v) is 8.25. The second kappa shape index (κ2) is 8.62. The molecule has 2 aromatic carbocycles. The highest BCUT2D eigenvalue weighted by Crippen LogP contribution is 2.25. The maximum atomic E-state index is 13.0. The Balaban J connectivity index is 1.80. The molecule has 0 radical (unpaired) electrons. The van der Waals surface area contributed by atoms with Crippen LogP contribution in [0.5, 0.6) is 5.75 Å². The van der Waals surface area contributed by atoms with E-state index in [0.717, 1.165) is 11.1 Å².